The standard InChI is InChI=1S/C20H20N4O2S/c1-13-7-9-15(10-8-13)21-19(26)20-24-23-18(27-20)12-11-17(25)22-16-6-4-3-5-14(16)2/h3-10H,11-12H2,1-2H3,(H,21,26)(H,22,25). The van der Waals surface area contributed by atoms with Crippen LogP contribution in [-0.2, 0) is 11.2 Å². The molecule has 0 unspecified atom stereocenters. The van der Waals surface area contributed by atoms with E-state index >= 15 is 0 Å². The second-order valence-corrected chi connectivity index (χ2v) is 7.25. The second-order valence-electron chi connectivity index (χ2n) is 6.18. The first kappa shape index (κ1) is 18.7. The van der Waals surface area contributed by atoms with E-state index in [0.717, 1.165) is 16.8 Å². The van der Waals surface area contributed by atoms with Crippen LogP contribution in [0.1, 0.15) is 32.4 Å². The number of amides is 2. The fourth-order valence-electron chi connectivity index (χ4n) is 2.41. The number of carbonyl (C=O) groups is 2. The number of aryl methyl sites for hydroxylation is 3. The molecule has 0 atom stereocenters. The molecule has 2 amide bonds. The molecule has 6 nitrogen and oxygen atoms in total. The van der Waals surface area contributed by atoms with Crippen molar-refractivity contribution in [3.05, 3.63) is 69.7 Å². The van der Waals surface area contributed by atoms with Gasteiger partial charge in [-0.05, 0) is 37.6 Å². The number of carbonyl (C=O) groups excluding carboxylic acids is 2. The summed E-state index contributed by atoms with van der Waals surface area (Å²) < 4.78 is 0. The Bertz CT molecular complexity index is 951. The first-order chi connectivity index (χ1) is 13.0. The van der Waals surface area contributed by atoms with Gasteiger partial charge in [0.2, 0.25) is 10.9 Å². The van der Waals surface area contributed by atoms with Crippen LogP contribution in [0.3, 0.4) is 0 Å². The van der Waals surface area contributed by atoms with Crippen molar-refractivity contribution in [1.29, 1.82) is 0 Å². The van der Waals surface area contributed by atoms with Crippen molar-refractivity contribution in [2.75, 3.05) is 10.6 Å². The molecule has 0 aliphatic heterocycles. The van der Waals surface area contributed by atoms with Crippen molar-refractivity contribution in [2.45, 2.75) is 26.7 Å². The summed E-state index contributed by atoms with van der Waals surface area (Å²) in [5.74, 6) is -0.392. The van der Waals surface area contributed by atoms with E-state index in [1.54, 1.807) is 0 Å². The van der Waals surface area contributed by atoms with Crippen LogP contribution in [0.5, 0.6) is 0 Å². The number of rotatable bonds is 6. The molecule has 3 rings (SSSR count). The number of hydrogen-bond acceptors (Lipinski definition) is 5. The summed E-state index contributed by atoms with van der Waals surface area (Å²) in [6.07, 6.45) is 0.718. The Morgan fingerprint density at radius 3 is 2.44 bits per heavy atom. The molecular weight excluding hydrogens is 360 g/mol. The zero-order valence-electron chi connectivity index (χ0n) is 15.2. The van der Waals surface area contributed by atoms with Gasteiger partial charge in [-0.25, -0.2) is 0 Å². The molecule has 0 saturated carbocycles. The topological polar surface area (TPSA) is 84.0 Å². The first-order valence-electron chi connectivity index (χ1n) is 8.57. The van der Waals surface area contributed by atoms with Crippen LogP contribution in [0.15, 0.2) is 48.5 Å². The lowest BCUT2D eigenvalue weighted by Crippen LogP contribution is -2.13. The van der Waals surface area contributed by atoms with E-state index in [1.165, 1.54) is 11.3 Å². The summed E-state index contributed by atoms with van der Waals surface area (Å²) in [5, 5.41) is 14.6. The third-order valence-corrected chi connectivity index (χ3v) is 4.94. The summed E-state index contributed by atoms with van der Waals surface area (Å²) in [5.41, 5.74) is 3.64. The molecule has 2 N–H and O–H groups in total. The highest BCUT2D eigenvalue weighted by Crippen LogP contribution is 2.17. The minimum absolute atomic E-state index is 0.0924. The summed E-state index contributed by atoms with van der Waals surface area (Å²) in [4.78, 5) is 24.4. The lowest BCUT2D eigenvalue weighted by atomic mass is 10.2. The molecule has 0 spiro atoms. The smallest absolute Gasteiger partial charge is 0.286 e. The summed E-state index contributed by atoms with van der Waals surface area (Å²) in [6, 6.07) is 15.1. The van der Waals surface area contributed by atoms with Gasteiger partial charge in [-0.2, -0.15) is 0 Å². The molecule has 0 aliphatic carbocycles. The highest BCUT2D eigenvalue weighted by molar-refractivity contribution is 7.13. The van der Waals surface area contributed by atoms with Gasteiger partial charge in [0.15, 0.2) is 0 Å². The number of nitrogens with one attached hydrogen (secondary N) is 2. The van der Waals surface area contributed by atoms with Crippen LogP contribution in [0.2, 0.25) is 0 Å². The number of nitrogens with zero attached hydrogens (tertiary/aromatic N) is 2. The van der Waals surface area contributed by atoms with Crippen molar-refractivity contribution in [1.82, 2.24) is 10.2 Å². The fraction of sp³-hybridized carbons (Fsp3) is 0.200. The van der Waals surface area contributed by atoms with Crippen molar-refractivity contribution in [2.24, 2.45) is 0 Å². The largest absolute Gasteiger partial charge is 0.326 e. The Labute approximate surface area is 161 Å². The molecule has 0 aliphatic rings. The highest BCUT2D eigenvalue weighted by Gasteiger charge is 2.14. The summed E-state index contributed by atoms with van der Waals surface area (Å²) in [7, 11) is 0. The van der Waals surface area contributed by atoms with Gasteiger partial charge in [0.25, 0.3) is 5.91 Å². The Balaban J connectivity index is 1.53. The number of benzene rings is 2. The monoisotopic (exact) mass is 380 g/mol. The van der Waals surface area contributed by atoms with Crippen LogP contribution in [0.25, 0.3) is 0 Å². The molecule has 3 aromatic rings. The van der Waals surface area contributed by atoms with Crippen LogP contribution in [-0.4, -0.2) is 22.0 Å². The van der Waals surface area contributed by atoms with Gasteiger partial charge in [-0.3, -0.25) is 9.59 Å². The Kier molecular flexibility index (Phi) is 5.93. The predicted octanol–water partition coefficient (Wildman–Crippen LogP) is 3.98. The lowest BCUT2D eigenvalue weighted by molar-refractivity contribution is -0.116. The van der Waals surface area contributed by atoms with Crippen LogP contribution < -0.4 is 10.6 Å². The molecule has 2 aromatic carbocycles. The third kappa shape index (κ3) is 5.21. The highest BCUT2D eigenvalue weighted by atomic mass is 32.1. The average molecular weight is 380 g/mol. The number of aromatic nitrogens is 2. The molecule has 1 aromatic heterocycles. The van der Waals surface area contributed by atoms with E-state index in [2.05, 4.69) is 20.8 Å². The van der Waals surface area contributed by atoms with Gasteiger partial charge in [0.1, 0.15) is 5.01 Å². The number of para-hydroxylation sites is 1. The van der Waals surface area contributed by atoms with Gasteiger partial charge >= 0.3 is 0 Å². The molecule has 0 radical (unpaired) electrons. The first-order valence-corrected chi connectivity index (χ1v) is 9.39. The van der Waals surface area contributed by atoms with Gasteiger partial charge in [0.05, 0.1) is 0 Å². The molecule has 138 valence electrons. The minimum atomic E-state index is -0.299. The van der Waals surface area contributed by atoms with E-state index in [4.69, 9.17) is 0 Å². The molecule has 0 saturated heterocycles. The Morgan fingerprint density at radius 1 is 0.963 bits per heavy atom. The summed E-state index contributed by atoms with van der Waals surface area (Å²) >= 11 is 1.20. The fourth-order valence-corrected chi connectivity index (χ4v) is 3.15. The maximum Gasteiger partial charge on any atom is 0.286 e. The van der Waals surface area contributed by atoms with Gasteiger partial charge < -0.3 is 10.6 Å². The van der Waals surface area contributed by atoms with Gasteiger partial charge in [-0.1, -0.05) is 47.2 Å². The zero-order chi connectivity index (χ0) is 19.2. The minimum Gasteiger partial charge on any atom is -0.326 e. The number of hydrogen-bond donors (Lipinski definition) is 2. The zero-order valence-corrected chi connectivity index (χ0v) is 16.0. The van der Waals surface area contributed by atoms with E-state index in [1.807, 2.05) is 62.4 Å². The summed E-state index contributed by atoms with van der Waals surface area (Å²) in [6.45, 7) is 3.93. The Hall–Kier alpha value is -3.06. The quantitative estimate of drug-likeness (QED) is 0.677. The average Bonchev–Trinajstić information content (AvgIpc) is 3.13. The predicted molar refractivity (Wildman–Crippen MR) is 107 cm³/mol. The van der Waals surface area contributed by atoms with E-state index in [0.29, 0.717) is 17.1 Å². The second kappa shape index (κ2) is 8.55. The maximum absolute atomic E-state index is 12.2. The molecule has 27 heavy (non-hydrogen) atoms. The van der Waals surface area contributed by atoms with Crippen molar-refractivity contribution in [3.8, 4) is 0 Å². The van der Waals surface area contributed by atoms with Gasteiger partial charge in [-0.15, -0.1) is 10.2 Å². The van der Waals surface area contributed by atoms with Crippen LogP contribution in [0.4, 0.5) is 11.4 Å². The molecule has 7 heteroatoms. The number of anilines is 2. The molecule has 1 heterocycles. The Morgan fingerprint density at radius 2 is 1.70 bits per heavy atom. The maximum atomic E-state index is 12.2. The van der Waals surface area contributed by atoms with Crippen molar-refractivity contribution in [3.63, 3.8) is 0 Å². The van der Waals surface area contributed by atoms with E-state index < -0.39 is 0 Å². The van der Waals surface area contributed by atoms with E-state index in [9.17, 15) is 9.59 Å². The molecule has 0 fully saturated rings. The normalized spacial score (nSPS) is 10.4. The molecule has 0 bridgehead atoms. The van der Waals surface area contributed by atoms with E-state index in [-0.39, 0.29) is 23.2 Å². The van der Waals surface area contributed by atoms with Crippen LogP contribution in [0, 0.1) is 13.8 Å². The third-order valence-electron chi connectivity index (χ3n) is 3.96. The molecular formula is C20H20N4O2S. The lowest BCUT2D eigenvalue weighted by Gasteiger charge is -2.07. The van der Waals surface area contributed by atoms with Gasteiger partial charge in [0, 0.05) is 24.2 Å². The SMILES string of the molecule is Cc1ccc(NC(=O)c2nnc(CCC(=O)Nc3ccccc3C)s2)cc1. The van der Waals surface area contributed by atoms with Crippen LogP contribution >= 0.6 is 11.3 Å². The van der Waals surface area contributed by atoms with Crippen molar-refractivity contribution < 1.29 is 9.59 Å². The van der Waals surface area contributed by atoms with Crippen molar-refractivity contribution >= 4 is 34.5 Å².